The Morgan fingerprint density at radius 1 is 1.11 bits per heavy atom. The Balaban J connectivity index is 1.86. The molecule has 4 rings (SSSR count). The molecule has 1 aromatic heterocycles. The van der Waals surface area contributed by atoms with E-state index in [9.17, 15) is 14.7 Å². The number of rotatable bonds is 9. The van der Waals surface area contributed by atoms with Crippen molar-refractivity contribution in [1.29, 1.82) is 0 Å². The van der Waals surface area contributed by atoms with Crippen molar-refractivity contribution in [3.8, 4) is 11.5 Å². The molecule has 0 saturated heterocycles. The van der Waals surface area contributed by atoms with Gasteiger partial charge in [-0.1, -0.05) is 23.5 Å². The number of aromatic nitrogens is 1. The molecule has 0 amide bonds. The first kappa shape index (κ1) is 27.2. The standard InChI is InChI=1S/C29H33N3O5S/c1-6-31(7-2)21-13-10-20(23(33)17-21)16-24-27(34)32-26(19-11-14-22(15-12-19)36-8-3)25(28(35)37-9-4)18(5)30-29(32)38-24/h10-17,26,33H,6-9H2,1-5H3/b24-16-. The molecule has 38 heavy (non-hydrogen) atoms. The number of hydrogen-bond acceptors (Lipinski definition) is 8. The minimum absolute atomic E-state index is 0.0895. The Morgan fingerprint density at radius 3 is 2.42 bits per heavy atom. The molecule has 1 unspecified atom stereocenters. The molecule has 2 heterocycles. The number of anilines is 1. The van der Waals surface area contributed by atoms with E-state index in [1.54, 1.807) is 32.1 Å². The van der Waals surface area contributed by atoms with Crippen LogP contribution in [0.15, 0.2) is 63.5 Å². The lowest BCUT2D eigenvalue weighted by Gasteiger charge is -2.24. The highest BCUT2D eigenvalue weighted by molar-refractivity contribution is 7.07. The van der Waals surface area contributed by atoms with E-state index in [1.807, 2.05) is 37.3 Å². The highest BCUT2D eigenvalue weighted by Gasteiger charge is 2.33. The highest BCUT2D eigenvalue weighted by Crippen LogP contribution is 2.32. The highest BCUT2D eigenvalue weighted by atomic mass is 32.1. The molecule has 8 nitrogen and oxygen atoms in total. The third kappa shape index (κ3) is 5.24. The molecule has 200 valence electrons. The van der Waals surface area contributed by atoms with Crippen molar-refractivity contribution in [2.45, 2.75) is 40.7 Å². The number of benzene rings is 2. The van der Waals surface area contributed by atoms with Crippen LogP contribution in [-0.4, -0.2) is 41.9 Å². The maximum Gasteiger partial charge on any atom is 0.338 e. The van der Waals surface area contributed by atoms with Gasteiger partial charge in [0, 0.05) is 30.4 Å². The largest absolute Gasteiger partial charge is 0.507 e. The van der Waals surface area contributed by atoms with E-state index in [4.69, 9.17) is 9.47 Å². The van der Waals surface area contributed by atoms with E-state index >= 15 is 0 Å². The summed E-state index contributed by atoms with van der Waals surface area (Å²) in [5.74, 6) is 0.281. The van der Waals surface area contributed by atoms with E-state index in [-0.39, 0.29) is 17.9 Å². The second-order valence-corrected chi connectivity index (χ2v) is 9.73. The van der Waals surface area contributed by atoms with Gasteiger partial charge < -0.3 is 19.5 Å². The molecule has 1 aliphatic heterocycles. The van der Waals surface area contributed by atoms with Crippen LogP contribution in [0.1, 0.15) is 51.8 Å². The molecule has 0 spiro atoms. The Bertz CT molecular complexity index is 1530. The summed E-state index contributed by atoms with van der Waals surface area (Å²) in [4.78, 5) is 34.0. The first-order valence-corrected chi connectivity index (χ1v) is 13.6. The van der Waals surface area contributed by atoms with Gasteiger partial charge in [-0.25, -0.2) is 9.79 Å². The lowest BCUT2D eigenvalue weighted by Crippen LogP contribution is -2.39. The normalized spacial score (nSPS) is 15.2. The van der Waals surface area contributed by atoms with Gasteiger partial charge in [0.15, 0.2) is 4.80 Å². The van der Waals surface area contributed by atoms with Crippen LogP contribution in [0.25, 0.3) is 6.08 Å². The lowest BCUT2D eigenvalue weighted by molar-refractivity contribution is -0.139. The number of nitrogens with zero attached hydrogens (tertiary/aromatic N) is 3. The number of fused-ring (bicyclic) bond motifs is 1. The van der Waals surface area contributed by atoms with Crippen LogP contribution in [0.2, 0.25) is 0 Å². The zero-order valence-corrected chi connectivity index (χ0v) is 23.2. The number of aromatic hydroxyl groups is 1. The first-order chi connectivity index (χ1) is 18.3. The number of carbonyl (C=O) groups excluding carboxylic acids is 1. The summed E-state index contributed by atoms with van der Waals surface area (Å²) < 4.78 is 12.9. The van der Waals surface area contributed by atoms with Crippen LogP contribution in [-0.2, 0) is 9.53 Å². The van der Waals surface area contributed by atoms with Crippen LogP contribution in [0.3, 0.4) is 0 Å². The second kappa shape index (κ2) is 11.7. The smallest absolute Gasteiger partial charge is 0.338 e. The number of hydrogen-bond donors (Lipinski definition) is 1. The fourth-order valence-corrected chi connectivity index (χ4v) is 5.64. The van der Waals surface area contributed by atoms with Gasteiger partial charge in [0.25, 0.3) is 5.56 Å². The van der Waals surface area contributed by atoms with E-state index in [0.717, 1.165) is 24.3 Å². The Hall–Kier alpha value is -3.85. The Morgan fingerprint density at radius 2 is 1.82 bits per heavy atom. The van der Waals surface area contributed by atoms with Crippen LogP contribution < -0.4 is 24.5 Å². The summed E-state index contributed by atoms with van der Waals surface area (Å²) in [7, 11) is 0. The fraction of sp³-hybridized carbons (Fsp3) is 0.345. The van der Waals surface area contributed by atoms with E-state index in [1.165, 1.54) is 15.9 Å². The van der Waals surface area contributed by atoms with Gasteiger partial charge in [-0.3, -0.25) is 9.36 Å². The molecule has 1 N–H and O–H groups in total. The summed E-state index contributed by atoms with van der Waals surface area (Å²) in [6, 6.07) is 12.1. The van der Waals surface area contributed by atoms with Gasteiger partial charge in [0.2, 0.25) is 0 Å². The zero-order chi connectivity index (χ0) is 27.4. The van der Waals surface area contributed by atoms with Crippen molar-refractivity contribution in [2.24, 2.45) is 4.99 Å². The Labute approximate surface area is 225 Å². The first-order valence-electron chi connectivity index (χ1n) is 12.8. The minimum Gasteiger partial charge on any atom is -0.507 e. The van der Waals surface area contributed by atoms with Gasteiger partial charge in [0.05, 0.1) is 35.1 Å². The summed E-state index contributed by atoms with van der Waals surface area (Å²) in [6.45, 7) is 11.9. The molecule has 1 atom stereocenters. The molecule has 9 heteroatoms. The van der Waals surface area contributed by atoms with Crippen LogP contribution in [0.4, 0.5) is 5.69 Å². The third-order valence-electron chi connectivity index (χ3n) is 6.45. The summed E-state index contributed by atoms with van der Waals surface area (Å²) in [5, 5.41) is 10.7. The molecule has 0 bridgehead atoms. The topological polar surface area (TPSA) is 93.4 Å². The SMILES string of the molecule is CCOC(=O)C1=C(C)N=c2s/c(=C\c3ccc(N(CC)CC)cc3O)c(=O)n2C1c1ccc(OCC)cc1. The van der Waals surface area contributed by atoms with Crippen molar-refractivity contribution in [2.75, 3.05) is 31.2 Å². The van der Waals surface area contributed by atoms with Gasteiger partial charge in [-0.2, -0.15) is 0 Å². The number of carbonyl (C=O) groups is 1. The molecule has 0 fully saturated rings. The molecule has 3 aromatic rings. The maximum absolute atomic E-state index is 13.8. The molecule has 0 saturated carbocycles. The number of esters is 1. The number of phenolic OH excluding ortho intramolecular Hbond substituents is 1. The average molecular weight is 536 g/mol. The predicted molar refractivity (Wildman–Crippen MR) is 150 cm³/mol. The summed E-state index contributed by atoms with van der Waals surface area (Å²) >= 11 is 1.22. The zero-order valence-electron chi connectivity index (χ0n) is 22.4. The molecule has 0 aliphatic carbocycles. The molecular weight excluding hydrogens is 502 g/mol. The van der Waals surface area contributed by atoms with E-state index < -0.39 is 12.0 Å². The van der Waals surface area contributed by atoms with Gasteiger partial charge in [0.1, 0.15) is 11.5 Å². The van der Waals surface area contributed by atoms with Crippen molar-refractivity contribution in [1.82, 2.24) is 4.57 Å². The number of thiazole rings is 1. The molecule has 0 radical (unpaired) electrons. The summed E-state index contributed by atoms with van der Waals surface area (Å²) in [5.41, 5.74) is 2.71. The second-order valence-electron chi connectivity index (χ2n) is 8.72. The van der Waals surface area contributed by atoms with Gasteiger partial charge in [-0.05, 0) is 70.5 Å². The van der Waals surface area contributed by atoms with Crippen LogP contribution >= 0.6 is 11.3 Å². The number of ether oxygens (including phenoxy) is 2. The van der Waals surface area contributed by atoms with E-state index in [0.29, 0.717) is 38.5 Å². The summed E-state index contributed by atoms with van der Waals surface area (Å²) in [6.07, 6.45) is 1.67. The molecule has 2 aromatic carbocycles. The minimum atomic E-state index is -0.707. The fourth-order valence-electron chi connectivity index (χ4n) is 4.60. The van der Waals surface area contributed by atoms with Crippen molar-refractivity contribution < 1.29 is 19.4 Å². The number of allylic oxidation sites excluding steroid dienone is 1. The van der Waals surface area contributed by atoms with Crippen molar-refractivity contribution in [3.63, 3.8) is 0 Å². The molecular formula is C29H33N3O5S. The predicted octanol–water partition coefficient (Wildman–Crippen LogP) is 3.75. The third-order valence-corrected chi connectivity index (χ3v) is 7.44. The van der Waals surface area contributed by atoms with Gasteiger partial charge in [-0.15, -0.1) is 0 Å². The van der Waals surface area contributed by atoms with Crippen LogP contribution in [0.5, 0.6) is 11.5 Å². The average Bonchev–Trinajstić information content (AvgIpc) is 3.20. The van der Waals surface area contributed by atoms with Crippen LogP contribution in [0, 0.1) is 0 Å². The van der Waals surface area contributed by atoms with Gasteiger partial charge >= 0.3 is 5.97 Å². The van der Waals surface area contributed by atoms with Crippen molar-refractivity contribution in [3.05, 3.63) is 84.5 Å². The van der Waals surface area contributed by atoms with E-state index in [2.05, 4.69) is 23.7 Å². The quantitative estimate of drug-likeness (QED) is 0.420. The lowest BCUT2D eigenvalue weighted by atomic mass is 9.96. The van der Waals surface area contributed by atoms with Crippen molar-refractivity contribution >= 4 is 29.1 Å². The number of phenols is 1. The maximum atomic E-state index is 13.8. The Kier molecular flexibility index (Phi) is 8.36. The molecule has 1 aliphatic rings. The monoisotopic (exact) mass is 535 g/mol.